The van der Waals surface area contributed by atoms with Crippen LogP contribution >= 0.6 is 15.9 Å². The van der Waals surface area contributed by atoms with Gasteiger partial charge >= 0.3 is 0 Å². The number of halogens is 1. The number of carbonyl (C=O) groups excluding carboxylic acids is 1. The molecule has 4 heteroatoms. The van der Waals surface area contributed by atoms with Crippen molar-refractivity contribution in [3.63, 3.8) is 0 Å². The van der Waals surface area contributed by atoms with Crippen molar-refractivity contribution < 1.29 is 10.0 Å². The van der Waals surface area contributed by atoms with E-state index in [1.165, 1.54) is 11.6 Å². The quantitative estimate of drug-likeness (QED) is 0.473. The molecule has 1 rings (SSSR count). The van der Waals surface area contributed by atoms with Gasteiger partial charge in [-0.2, -0.15) is 0 Å². The molecular formula is C9H8BrNO2. The van der Waals surface area contributed by atoms with Gasteiger partial charge in [-0.3, -0.25) is 10.0 Å². The smallest absolute Gasteiger partial charge is 0.267 e. The Labute approximate surface area is 84.2 Å². The van der Waals surface area contributed by atoms with Crippen LogP contribution < -0.4 is 5.48 Å². The molecule has 1 aromatic rings. The van der Waals surface area contributed by atoms with Crippen LogP contribution in [0.25, 0.3) is 6.08 Å². The first kappa shape index (κ1) is 9.95. The monoisotopic (exact) mass is 241 g/mol. The molecule has 0 unspecified atom stereocenters. The van der Waals surface area contributed by atoms with Gasteiger partial charge in [0.05, 0.1) is 0 Å². The molecule has 3 nitrogen and oxygen atoms in total. The maximum atomic E-state index is 10.6. The molecule has 0 heterocycles. The second-order valence-electron chi connectivity index (χ2n) is 2.36. The zero-order valence-electron chi connectivity index (χ0n) is 6.70. The Balaban J connectivity index is 2.74. The molecule has 13 heavy (non-hydrogen) atoms. The van der Waals surface area contributed by atoms with Gasteiger partial charge in [0.15, 0.2) is 0 Å². The lowest BCUT2D eigenvalue weighted by molar-refractivity contribution is -0.124. The number of carbonyl (C=O) groups is 1. The Kier molecular flexibility index (Phi) is 3.67. The molecule has 68 valence electrons. The molecular weight excluding hydrogens is 234 g/mol. The summed E-state index contributed by atoms with van der Waals surface area (Å²) in [6.07, 6.45) is 2.86. The average molecular weight is 242 g/mol. The van der Waals surface area contributed by atoms with Crippen molar-refractivity contribution in [1.82, 2.24) is 5.48 Å². The summed E-state index contributed by atoms with van der Waals surface area (Å²) < 4.78 is 0.944. The zero-order chi connectivity index (χ0) is 9.68. The molecule has 0 atom stereocenters. The van der Waals surface area contributed by atoms with E-state index >= 15 is 0 Å². The summed E-state index contributed by atoms with van der Waals surface area (Å²) in [7, 11) is 0. The van der Waals surface area contributed by atoms with Crippen LogP contribution in [0.4, 0.5) is 0 Å². The van der Waals surface area contributed by atoms with E-state index in [0.717, 1.165) is 10.0 Å². The maximum Gasteiger partial charge on any atom is 0.267 e. The van der Waals surface area contributed by atoms with Gasteiger partial charge in [-0.05, 0) is 23.8 Å². The number of amides is 1. The van der Waals surface area contributed by atoms with Crippen LogP contribution in [0.1, 0.15) is 5.56 Å². The molecule has 0 saturated heterocycles. The van der Waals surface area contributed by atoms with Gasteiger partial charge in [-0.1, -0.05) is 28.1 Å². The van der Waals surface area contributed by atoms with Crippen molar-refractivity contribution >= 4 is 27.9 Å². The van der Waals surface area contributed by atoms with E-state index in [-0.39, 0.29) is 0 Å². The predicted octanol–water partition coefficient (Wildman–Crippen LogP) is 1.97. The van der Waals surface area contributed by atoms with Crippen molar-refractivity contribution in [3.8, 4) is 0 Å². The summed E-state index contributed by atoms with van der Waals surface area (Å²) in [6.45, 7) is 0. The van der Waals surface area contributed by atoms with Crippen LogP contribution in [0.3, 0.4) is 0 Å². The van der Waals surface area contributed by atoms with Crippen LogP contribution in [0.5, 0.6) is 0 Å². The second kappa shape index (κ2) is 4.79. The standard InChI is InChI=1S/C9H8BrNO2/c10-8-3-1-2-7(6-8)4-5-9(12)11-13/h1-6,13H,(H,11,12)/b5-4+. The number of nitrogens with one attached hydrogen (secondary N) is 1. The minimum Gasteiger partial charge on any atom is -0.288 e. The second-order valence-corrected chi connectivity index (χ2v) is 3.28. The molecule has 0 bridgehead atoms. The van der Waals surface area contributed by atoms with E-state index in [2.05, 4.69) is 15.9 Å². The van der Waals surface area contributed by atoms with Crippen molar-refractivity contribution in [3.05, 3.63) is 40.4 Å². The first-order valence-corrected chi connectivity index (χ1v) is 4.39. The van der Waals surface area contributed by atoms with Gasteiger partial charge in [0.1, 0.15) is 0 Å². The fraction of sp³-hybridized carbons (Fsp3) is 0. The molecule has 2 N–H and O–H groups in total. The maximum absolute atomic E-state index is 10.6. The van der Waals surface area contributed by atoms with Crippen LogP contribution in [-0.4, -0.2) is 11.1 Å². The van der Waals surface area contributed by atoms with Crippen LogP contribution in [-0.2, 0) is 4.79 Å². The van der Waals surface area contributed by atoms with Gasteiger partial charge in [0.2, 0.25) is 0 Å². The Hall–Kier alpha value is -1.13. The number of hydrogen-bond acceptors (Lipinski definition) is 2. The lowest BCUT2D eigenvalue weighted by atomic mass is 10.2. The van der Waals surface area contributed by atoms with Crippen LogP contribution in [0.2, 0.25) is 0 Å². The summed E-state index contributed by atoms with van der Waals surface area (Å²) >= 11 is 3.30. The Morgan fingerprint density at radius 1 is 1.54 bits per heavy atom. The van der Waals surface area contributed by atoms with E-state index in [9.17, 15) is 4.79 Å². The molecule has 0 aromatic heterocycles. The van der Waals surface area contributed by atoms with Crippen molar-refractivity contribution in [1.29, 1.82) is 0 Å². The fourth-order valence-corrected chi connectivity index (χ4v) is 1.24. The molecule has 0 aliphatic heterocycles. The Morgan fingerprint density at radius 2 is 2.31 bits per heavy atom. The van der Waals surface area contributed by atoms with Crippen molar-refractivity contribution in [2.75, 3.05) is 0 Å². The highest BCUT2D eigenvalue weighted by Crippen LogP contribution is 2.12. The third-order valence-electron chi connectivity index (χ3n) is 1.39. The van der Waals surface area contributed by atoms with E-state index < -0.39 is 5.91 Å². The number of benzene rings is 1. The largest absolute Gasteiger partial charge is 0.288 e. The van der Waals surface area contributed by atoms with Crippen molar-refractivity contribution in [2.45, 2.75) is 0 Å². The van der Waals surface area contributed by atoms with E-state index in [0.29, 0.717) is 0 Å². The minimum absolute atomic E-state index is 0.542. The Morgan fingerprint density at radius 3 is 2.92 bits per heavy atom. The summed E-state index contributed by atoms with van der Waals surface area (Å²) in [4.78, 5) is 10.6. The van der Waals surface area contributed by atoms with E-state index in [1.54, 1.807) is 6.08 Å². The number of hydrogen-bond donors (Lipinski definition) is 2. The molecule has 0 aliphatic rings. The number of hydroxylamine groups is 1. The highest BCUT2D eigenvalue weighted by Gasteiger charge is 1.91. The fourth-order valence-electron chi connectivity index (χ4n) is 0.819. The third kappa shape index (κ3) is 3.40. The molecule has 0 fully saturated rings. The van der Waals surface area contributed by atoms with Crippen LogP contribution in [0.15, 0.2) is 34.8 Å². The molecule has 1 aromatic carbocycles. The van der Waals surface area contributed by atoms with E-state index in [1.807, 2.05) is 24.3 Å². The van der Waals surface area contributed by atoms with Gasteiger partial charge in [0, 0.05) is 10.5 Å². The molecule has 0 aliphatic carbocycles. The minimum atomic E-state index is -0.542. The summed E-state index contributed by atoms with van der Waals surface area (Å²) in [5.41, 5.74) is 2.40. The first-order valence-electron chi connectivity index (χ1n) is 3.60. The highest BCUT2D eigenvalue weighted by molar-refractivity contribution is 9.10. The summed E-state index contributed by atoms with van der Waals surface area (Å²) in [5.74, 6) is -0.542. The van der Waals surface area contributed by atoms with Gasteiger partial charge < -0.3 is 0 Å². The predicted molar refractivity (Wildman–Crippen MR) is 53.1 cm³/mol. The molecule has 1 amide bonds. The van der Waals surface area contributed by atoms with Crippen molar-refractivity contribution in [2.24, 2.45) is 0 Å². The molecule has 0 radical (unpaired) electrons. The first-order chi connectivity index (χ1) is 6.22. The average Bonchev–Trinajstić information content (AvgIpc) is 2.14. The summed E-state index contributed by atoms with van der Waals surface area (Å²) in [5, 5.41) is 8.21. The van der Waals surface area contributed by atoms with Gasteiger partial charge in [-0.25, -0.2) is 5.48 Å². The van der Waals surface area contributed by atoms with Crippen LogP contribution in [0, 0.1) is 0 Å². The SMILES string of the molecule is O=C(/C=C/c1cccc(Br)c1)NO. The lowest BCUT2D eigenvalue weighted by Crippen LogP contribution is -2.14. The normalized spacial score (nSPS) is 10.3. The highest BCUT2D eigenvalue weighted by atomic mass is 79.9. The topological polar surface area (TPSA) is 49.3 Å². The lowest BCUT2D eigenvalue weighted by Gasteiger charge is -1.93. The summed E-state index contributed by atoms with van der Waals surface area (Å²) in [6, 6.07) is 7.47. The molecule has 0 spiro atoms. The molecule has 0 saturated carbocycles. The Bertz CT molecular complexity index is 336. The van der Waals surface area contributed by atoms with E-state index in [4.69, 9.17) is 5.21 Å². The van der Waals surface area contributed by atoms with Gasteiger partial charge in [-0.15, -0.1) is 0 Å². The zero-order valence-corrected chi connectivity index (χ0v) is 8.28. The number of rotatable bonds is 2. The van der Waals surface area contributed by atoms with Gasteiger partial charge in [0.25, 0.3) is 5.91 Å². The third-order valence-corrected chi connectivity index (χ3v) is 1.88.